The molecule has 0 heterocycles. The summed E-state index contributed by atoms with van der Waals surface area (Å²) in [7, 11) is 0. The van der Waals surface area contributed by atoms with Crippen LogP contribution >= 0.6 is 0 Å². The molecular weight excluding hydrogens is 182 g/mol. The lowest BCUT2D eigenvalue weighted by atomic mass is 9.80. The molecule has 2 N–H and O–H groups in total. The van der Waals surface area contributed by atoms with Crippen LogP contribution in [0.15, 0.2) is 11.1 Å². The Morgan fingerprint density at radius 1 is 1.33 bits per heavy atom. The van der Waals surface area contributed by atoms with Gasteiger partial charge in [-0.1, -0.05) is 25.0 Å². The summed E-state index contributed by atoms with van der Waals surface area (Å²) in [6.07, 6.45) is 8.09. The molecule has 1 aliphatic carbocycles. The Labute approximate surface area is 95.1 Å². The second-order valence-electron chi connectivity index (χ2n) is 5.16. The zero-order valence-electron chi connectivity index (χ0n) is 10.7. The molecule has 0 saturated heterocycles. The summed E-state index contributed by atoms with van der Waals surface area (Å²) in [5.74, 6) is 1.52. The molecule has 0 aromatic heterocycles. The van der Waals surface area contributed by atoms with Gasteiger partial charge in [-0.2, -0.15) is 0 Å². The van der Waals surface area contributed by atoms with E-state index in [1.165, 1.54) is 38.5 Å². The minimum absolute atomic E-state index is 0.693. The number of allylic oxidation sites excluding steroid dienone is 2. The molecule has 0 spiro atoms. The normalized spacial score (nSPS) is 19.6. The van der Waals surface area contributed by atoms with Crippen molar-refractivity contribution < 1.29 is 0 Å². The van der Waals surface area contributed by atoms with E-state index in [0.29, 0.717) is 5.92 Å². The van der Waals surface area contributed by atoms with Crippen LogP contribution in [0.1, 0.15) is 59.3 Å². The summed E-state index contributed by atoms with van der Waals surface area (Å²) in [5.41, 5.74) is 9.11. The Hall–Kier alpha value is -0.300. The van der Waals surface area contributed by atoms with E-state index in [9.17, 15) is 0 Å². The van der Waals surface area contributed by atoms with Crippen LogP contribution in [0.5, 0.6) is 0 Å². The minimum Gasteiger partial charge on any atom is -0.330 e. The summed E-state index contributed by atoms with van der Waals surface area (Å²) < 4.78 is 0. The van der Waals surface area contributed by atoms with Crippen LogP contribution in [0.25, 0.3) is 0 Å². The fourth-order valence-electron chi connectivity index (χ4n) is 2.37. The van der Waals surface area contributed by atoms with Crippen LogP contribution in [-0.2, 0) is 0 Å². The van der Waals surface area contributed by atoms with Gasteiger partial charge in [0.05, 0.1) is 0 Å². The fraction of sp³-hybridized carbons (Fsp3) is 0.857. The monoisotopic (exact) mass is 209 g/mol. The first-order valence-corrected chi connectivity index (χ1v) is 6.57. The van der Waals surface area contributed by atoms with Crippen LogP contribution in [0.2, 0.25) is 0 Å². The van der Waals surface area contributed by atoms with Crippen molar-refractivity contribution in [2.45, 2.75) is 59.3 Å². The first-order valence-electron chi connectivity index (χ1n) is 6.57. The average molecular weight is 209 g/mol. The van der Waals surface area contributed by atoms with Gasteiger partial charge in [0.15, 0.2) is 0 Å². The zero-order valence-corrected chi connectivity index (χ0v) is 10.7. The fourth-order valence-corrected chi connectivity index (χ4v) is 2.37. The molecule has 0 aromatic rings. The van der Waals surface area contributed by atoms with E-state index in [0.717, 1.165) is 12.5 Å². The van der Waals surface area contributed by atoms with Crippen molar-refractivity contribution in [3.8, 4) is 0 Å². The van der Waals surface area contributed by atoms with Crippen LogP contribution in [0.3, 0.4) is 0 Å². The molecule has 0 radical (unpaired) electrons. The topological polar surface area (TPSA) is 26.0 Å². The van der Waals surface area contributed by atoms with E-state index in [1.54, 1.807) is 11.1 Å². The second-order valence-corrected chi connectivity index (χ2v) is 5.16. The zero-order chi connectivity index (χ0) is 11.3. The largest absolute Gasteiger partial charge is 0.330 e. The maximum atomic E-state index is 5.66. The third-order valence-corrected chi connectivity index (χ3v) is 4.03. The smallest absolute Gasteiger partial charge is 0.00515 e. The van der Waals surface area contributed by atoms with E-state index >= 15 is 0 Å². The van der Waals surface area contributed by atoms with Gasteiger partial charge < -0.3 is 5.73 Å². The third-order valence-electron chi connectivity index (χ3n) is 4.03. The number of nitrogens with two attached hydrogens (primary N) is 1. The lowest BCUT2D eigenvalue weighted by molar-refractivity contribution is 0.434. The number of hydrogen-bond acceptors (Lipinski definition) is 1. The number of hydrogen-bond donors (Lipinski definition) is 1. The Kier molecular flexibility index (Phi) is 5.38. The Morgan fingerprint density at radius 3 is 2.40 bits per heavy atom. The van der Waals surface area contributed by atoms with Crippen molar-refractivity contribution >= 4 is 0 Å². The molecule has 2 atom stereocenters. The molecule has 1 nitrogen and oxygen atoms in total. The van der Waals surface area contributed by atoms with E-state index in [2.05, 4.69) is 20.8 Å². The van der Waals surface area contributed by atoms with Gasteiger partial charge in [-0.25, -0.2) is 0 Å². The molecule has 0 amide bonds. The summed E-state index contributed by atoms with van der Waals surface area (Å²) in [6.45, 7) is 7.78. The molecule has 15 heavy (non-hydrogen) atoms. The molecule has 1 aliphatic rings. The van der Waals surface area contributed by atoms with E-state index < -0.39 is 0 Å². The summed E-state index contributed by atoms with van der Waals surface area (Å²) in [4.78, 5) is 0. The highest BCUT2D eigenvalue weighted by Gasteiger charge is 2.17. The van der Waals surface area contributed by atoms with Crippen molar-refractivity contribution in [3.05, 3.63) is 11.1 Å². The molecular formula is C14H27N. The van der Waals surface area contributed by atoms with Crippen molar-refractivity contribution in [1.82, 2.24) is 0 Å². The Balaban J connectivity index is 2.41. The molecule has 0 aromatic carbocycles. The molecule has 1 rings (SSSR count). The van der Waals surface area contributed by atoms with Gasteiger partial charge in [0.1, 0.15) is 0 Å². The van der Waals surface area contributed by atoms with Gasteiger partial charge in [-0.3, -0.25) is 0 Å². The van der Waals surface area contributed by atoms with E-state index in [1.807, 2.05) is 0 Å². The lowest BCUT2D eigenvalue weighted by Crippen LogP contribution is -2.14. The van der Waals surface area contributed by atoms with Crippen LogP contribution in [0.4, 0.5) is 0 Å². The predicted molar refractivity (Wildman–Crippen MR) is 67.8 cm³/mol. The van der Waals surface area contributed by atoms with Gasteiger partial charge in [-0.05, 0) is 63.8 Å². The van der Waals surface area contributed by atoms with Crippen LogP contribution in [0, 0.1) is 11.8 Å². The Morgan fingerprint density at radius 2 is 2.00 bits per heavy atom. The predicted octanol–water partition coefficient (Wildman–Crippen LogP) is 3.89. The SMILES string of the molecule is CC[C@H](CCC(C)CN)C(C)=C1CCC1. The van der Waals surface area contributed by atoms with Crippen molar-refractivity contribution in [3.63, 3.8) is 0 Å². The summed E-state index contributed by atoms with van der Waals surface area (Å²) >= 11 is 0. The van der Waals surface area contributed by atoms with E-state index in [-0.39, 0.29) is 0 Å². The van der Waals surface area contributed by atoms with Crippen molar-refractivity contribution in [2.24, 2.45) is 17.6 Å². The molecule has 0 aliphatic heterocycles. The van der Waals surface area contributed by atoms with Crippen molar-refractivity contribution in [1.29, 1.82) is 0 Å². The molecule has 1 saturated carbocycles. The maximum Gasteiger partial charge on any atom is -0.00515 e. The van der Waals surface area contributed by atoms with Crippen LogP contribution < -0.4 is 5.73 Å². The highest BCUT2D eigenvalue weighted by molar-refractivity contribution is 5.19. The average Bonchev–Trinajstić information content (AvgIpc) is 2.15. The minimum atomic E-state index is 0.693. The van der Waals surface area contributed by atoms with Gasteiger partial charge in [-0.15, -0.1) is 0 Å². The molecule has 1 heteroatoms. The maximum absolute atomic E-state index is 5.66. The lowest BCUT2D eigenvalue weighted by Gasteiger charge is -2.26. The highest BCUT2D eigenvalue weighted by Crippen LogP contribution is 2.34. The quantitative estimate of drug-likeness (QED) is 0.660. The molecule has 1 fully saturated rings. The van der Waals surface area contributed by atoms with Gasteiger partial charge in [0.25, 0.3) is 0 Å². The summed E-state index contributed by atoms with van der Waals surface area (Å²) in [6, 6.07) is 0. The molecule has 88 valence electrons. The highest BCUT2D eigenvalue weighted by atomic mass is 14.5. The van der Waals surface area contributed by atoms with E-state index in [4.69, 9.17) is 5.73 Å². The van der Waals surface area contributed by atoms with Gasteiger partial charge >= 0.3 is 0 Å². The molecule has 1 unspecified atom stereocenters. The first kappa shape index (κ1) is 12.8. The second kappa shape index (κ2) is 6.32. The van der Waals surface area contributed by atoms with Gasteiger partial charge in [0, 0.05) is 0 Å². The first-order chi connectivity index (χ1) is 7.19. The standard InChI is InChI=1S/C14H27N/c1-4-13(9-8-11(2)10-15)12(3)14-6-5-7-14/h11,13H,4-10,15H2,1-3H3/t11?,13-/m1/s1. The van der Waals surface area contributed by atoms with Crippen LogP contribution in [-0.4, -0.2) is 6.54 Å². The molecule has 0 bridgehead atoms. The third kappa shape index (κ3) is 3.64. The van der Waals surface area contributed by atoms with Crippen molar-refractivity contribution in [2.75, 3.05) is 6.54 Å². The number of rotatable bonds is 6. The summed E-state index contributed by atoms with van der Waals surface area (Å²) in [5, 5.41) is 0. The Bertz CT molecular complexity index is 211. The van der Waals surface area contributed by atoms with Gasteiger partial charge in [0.2, 0.25) is 0 Å².